The van der Waals surface area contributed by atoms with Crippen LogP contribution in [0, 0.1) is 0 Å². The molecule has 0 atom stereocenters. The van der Waals surface area contributed by atoms with Crippen molar-refractivity contribution in [3.8, 4) is 0 Å². The Labute approximate surface area is 120 Å². The van der Waals surface area contributed by atoms with Crippen molar-refractivity contribution in [3.05, 3.63) is 36.0 Å². The first-order valence-electron chi connectivity index (χ1n) is 7.32. The van der Waals surface area contributed by atoms with E-state index in [0.717, 1.165) is 42.1 Å². The highest BCUT2D eigenvalue weighted by molar-refractivity contribution is 6.12. The number of hydrogen-bond acceptors (Lipinski definition) is 2. The molecule has 1 aliphatic carbocycles. The van der Waals surface area contributed by atoms with Gasteiger partial charge in [0.05, 0.1) is 5.54 Å². The summed E-state index contributed by atoms with van der Waals surface area (Å²) < 4.78 is 2.06. The van der Waals surface area contributed by atoms with Crippen molar-refractivity contribution in [2.75, 3.05) is 14.1 Å². The fourth-order valence-corrected chi connectivity index (χ4v) is 3.61. The predicted molar refractivity (Wildman–Crippen MR) is 82.1 cm³/mol. The normalized spacial score (nSPS) is 18.0. The number of nitrogens with zero attached hydrogens (tertiary/aromatic N) is 2. The van der Waals surface area contributed by atoms with Crippen molar-refractivity contribution >= 4 is 16.7 Å². The van der Waals surface area contributed by atoms with Gasteiger partial charge in [0.1, 0.15) is 0 Å². The van der Waals surface area contributed by atoms with Gasteiger partial charge in [0, 0.05) is 29.7 Å². The van der Waals surface area contributed by atoms with Gasteiger partial charge in [-0.2, -0.15) is 0 Å². The average Bonchev–Trinajstić information content (AvgIpc) is 3.05. The van der Waals surface area contributed by atoms with E-state index in [1.807, 2.05) is 39.5 Å². The molecular weight excluding hydrogens is 248 g/mol. The quantitative estimate of drug-likeness (QED) is 0.800. The predicted octanol–water partition coefficient (Wildman–Crippen LogP) is 3.24. The van der Waals surface area contributed by atoms with Gasteiger partial charge in [-0.05, 0) is 33.0 Å². The fourth-order valence-electron chi connectivity index (χ4n) is 3.61. The molecule has 0 bridgehead atoms. The number of ketones is 1. The number of Topliss-reactive ketones (excluding diaryl/α,β-unsaturated/α-hetero) is 1. The van der Waals surface area contributed by atoms with Crippen LogP contribution in [-0.2, 0) is 7.05 Å². The minimum atomic E-state index is -0.301. The van der Waals surface area contributed by atoms with Crippen molar-refractivity contribution < 1.29 is 4.79 Å². The number of fused-ring (bicyclic) bond motifs is 1. The summed E-state index contributed by atoms with van der Waals surface area (Å²) in [7, 11) is 6.08. The highest BCUT2D eigenvalue weighted by Gasteiger charge is 2.44. The van der Waals surface area contributed by atoms with Crippen LogP contribution in [-0.4, -0.2) is 34.9 Å². The van der Waals surface area contributed by atoms with Crippen LogP contribution < -0.4 is 0 Å². The molecule has 0 radical (unpaired) electrons. The van der Waals surface area contributed by atoms with E-state index >= 15 is 0 Å². The summed E-state index contributed by atoms with van der Waals surface area (Å²) in [6, 6.07) is 8.16. The zero-order chi connectivity index (χ0) is 14.3. The molecule has 0 saturated heterocycles. The molecular formula is C17H22N2O. The summed E-state index contributed by atoms with van der Waals surface area (Å²) >= 11 is 0. The highest BCUT2D eigenvalue weighted by Crippen LogP contribution is 2.38. The second kappa shape index (κ2) is 4.74. The Morgan fingerprint density at radius 2 is 1.85 bits per heavy atom. The van der Waals surface area contributed by atoms with E-state index < -0.39 is 0 Å². The smallest absolute Gasteiger partial charge is 0.185 e. The Morgan fingerprint density at radius 1 is 1.20 bits per heavy atom. The second-order valence-corrected chi connectivity index (χ2v) is 6.13. The monoisotopic (exact) mass is 270 g/mol. The number of carbonyl (C=O) groups is 1. The number of likely N-dealkylation sites (N-methyl/N-ethyl adjacent to an activating group) is 1. The lowest BCUT2D eigenvalue weighted by Crippen LogP contribution is -2.48. The maximum absolute atomic E-state index is 13.2. The maximum Gasteiger partial charge on any atom is 0.185 e. The van der Waals surface area contributed by atoms with E-state index in [1.54, 1.807) is 0 Å². The third-order valence-electron chi connectivity index (χ3n) is 4.85. The van der Waals surface area contributed by atoms with Gasteiger partial charge in [0.15, 0.2) is 5.78 Å². The number of carbonyl (C=O) groups excluding carboxylic acids is 1. The topological polar surface area (TPSA) is 25.2 Å². The molecule has 1 heterocycles. The van der Waals surface area contributed by atoms with Gasteiger partial charge in [-0.1, -0.05) is 31.0 Å². The Morgan fingerprint density at radius 3 is 2.50 bits per heavy atom. The third-order valence-corrected chi connectivity index (χ3v) is 4.85. The largest absolute Gasteiger partial charge is 0.350 e. The molecule has 0 spiro atoms. The summed E-state index contributed by atoms with van der Waals surface area (Å²) in [4.78, 5) is 15.3. The fraction of sp³-hybridized carbons (Fsp3) is 0.471. The van der Waals surface area contributed by atoms with Crippen LogP contribution in [0.15, 0.2) is 30.5 Å². The van der Waals surface area contributed by atoms with Crippen molar-refractivity contribution in [1.29, 1.82) is 0 Å². The molecule has 0 amide bonds. The van der Waals surface area contributed by atoms with E-state index in [2.05, 4.69) is 21.6 Å². The van der Waals surface area contributed by atoms with Crippen LogP contribution in [0.25, 0.3) is 10.9 Å². The third kappa shape index (κ3) is 1.80. The van der Waals surface area contributed by atoms with Gasteiger partial charge in [-0.15, -0.1) is 0 Å². The highest BCUT2D eigenvalue weighted by atomic mass is 16.1. The SMILES string of the molecule is CN(C)C1(C(=O)c2cn(C)c3ccccc23)CCCC1. The van der Waals surface area contributed by atoms with Crippen molar-refractivity contribution in [2.45, 2.75) is 31.2 Å². The molecule has 0 N–H and O–H groups in total. The minimum absolute atomic E-state index is 0.289. The molecule has 1 aliphatic rings. The lowest BCUT2D eigenvalue weighted by atomic mass is 9.86. The first-order valence-corrected chi connectivity index (χ1v) is 7.32. The molecule has 1 saturated carbocycles. The summed E-state index contributed by atoms with van der Waals surface area (Å²) in [5.74, 6) is 0.289. The molecule has 3 rings (SSSR count). The molecule has 106 valence electrons. The van der Waals surface area contributed by atoms with Crippen LogP contribution >= 0.6 is 0 Å². The molecule has 20 heavy (non-hydrogen) atoms. The number of aromatic nitrogens is 1. The van der Waals surface area contributed by atoms with Crippen molar-refractivity contribution in [1.82, 2.24) is 9.47 Å². The standard InChI is InChI=1S/C17H22N2O/c1-18(2)17(10-6-7-11-17)16(20)14-12-19(3)15-9-5-4-8-13(14)15/h4-5,8-9,12H,6-7,10-11H2,1-3H3. The van der Waals surface area contributed by atoms with Gasteiger partial charge < -0.3 is 4.57 Å². The molecule has 0 aliphatic heterocycles. The Kier molecular flexibility index (Phi) is 3.17. The van der Waals surface area contributed by atoms with Gasteiger partial charge in [-0.25, -0.2) is 0 Å². The Hall–Kier alpha value is -1.61. The Bertz CT molecular complexity index is 648. The molecule has 0 unspecified atom stereocenters. The molecule has 2 aromatic rings. The van der Waals surface area contributed by atoms with Crippen LogP contribution in [0.5, 0.6) is 0 Å². The number of rotatable bonds is 3. The second-order valence-electron chi connectivity index (χ2n) is 6.13. The van der Waals surface area contributed by atoms with Gasteiger partial charge in [0.25, 0.3) is 0 Å². The van der Waals surface area contributed by atoms with Crippen LogP contribution in [0.2, 0.25) is 0 Å². The van der Waals surface area contributed by atoms with E-state index in [-0.39, 0.29) is 11.3 Å². The molecule has 3 nitrogen and oxygen atoms in total. The molecule has 1 fully saturated rings. The van der Waals surface area contributed by atoms with Crippen LogP contribution in [0.1, 0.15) is 36.0 Å². The maximum atomic E-state index is 13.2. The summed E-state index contributed by atoms with van der Waals surface area (Å²) in [5.41, 5.74) is 1.70. The first-order chi connectivity index (χ1) is 9.56. The van der Waals surface area contributed by atoms with Crippen molar-refractivity contribution in [3.63, 3.8) is 0 Å². The summed E-state index contributed by atoms with van der Waals surface area (Å²) in [6.45, 7) is 0. The average molecular weight is 270 g/mol. The van der Waals surface area contributed by atoms with E-state index in [9.17, 15) is 4.79 Å². The summed E-state index contributed by atoms with van der Waals surface area (Å²) in [6.07, 6.45) is 6.24. The summed E-state index contributed by atoms with van der Waals surface area (Å²) in [5, 5.41) is 1.08. The van der Waals surface area contributed by atoms with Crippen molar-refractivity contribution in [2.24, 2.45) is 7.05 Å². The molecule has 1 aromatic carbocycles. The number of benzene rings is 1. The lowest BCUT2D eigenvalue weighted by molar-refractivity contribution is 0.0695. The number of aryl methyl sites for hydroxylation is 1. The Balaban J connectivity index is 2.13. The van der Waals surface area contributed by atoms with E-state index in [4.69, 9.17) is 0 Å². The van der Waals surface area contributed by atoms with Gasteiger partial charge >= 0.3 is 0 Å². The zero-order valence-corrected chi connectivity index (χ0v) is 12.5. The minimum Gasteiger partial charge on any atom is -0.350 e. The zero-order valence-electron chi connectivity index (χ0n) is 12.5. The molecule has 1 aromatic heterocycles. The van der Waals surface area contributed by atoms with Gasteiger partial charge in [-0.3, -0.25) is 9.69 Å². The molecule has 3 heteroatoms. The van der Waals surface area contributed by atoms with E-state index in [1.165, 1.54) is 0 Å². The van der Waals surface area contributed by atoms with E-state index in [0.29, 0.717) is 0 Å². The van der Waals surface area contributed by atoms with Crippen LogP contribution in [0.3, 0.4) is 0 Å². The lowest BCUT2D eigenvalue weighted by Gasteiger charge is -2.34. The van der Waals surface area contributed by atoms with Crippen LogP contribution in [0.4, 0.5) is 0 Å². The number of hydrogen-bond donors (Lipinski definition) is 0. The number of para-hydroxylation sites is 1. The van der Waals surface area contributed by atoms with Gasteiger partial charge in [0.2, 0.25) is 0 Å². The first kappa shape index (κ1) is 13.4.